The number of carbonyl (C=O) groups is 2. The van der Waals surface area contributed by atoms with Crippen LogP contribution in [0.25, 0.3) is 9.88 Å². The van der Waals surface area contributed by atoms with Crippen LogP contribution in [0.4, 0.5) is 5.69 Å². The number of hydrogen-bond acceptors (Lipinski definition) is 8. The molecule has 0 bridgehead atoms. The Morgan fingerprint density at radius 3 is 2.56 bits per heavy atom. The summed E-state index contributed by atoms with van der Waals surface area (Å²) in [5, 5.41) is 5.22. The second-order valence-corrected chi connectivity index (χ2v) is 10.5. The van der Waals surface area contributed by atoms with Crippen molar-refractivity contribution in [1.82, 2.24) is 9.29 Å². The lowest BCUT2D eigenvalue weighted by molar-refractivity contribution is -0.119. The predicted octanol–water partition coefficient (Wildman–Crippen LogP) is 4.01. The number of carbonyl (C=O) groups excluding carboxylic acids is 2. The fourth-order valence-corrected chi connectivity index (χ4v) is 6.19. The maximum absolute atomic E-state index is 12.7. The zero-order valence-electron chi connectivity index (χ0n) is 17.8. The van der Waals surface area contributed by atoms with Crippen molar-refractivity contribution in [3.05, 3.63) is 52.3 Å². The Bertz CT molecular complexity index is 1200. The molecule has 0 aliphatic carbocycles. The number of nitrogens with one attached hydrogen (secondary N) is 1. The molecule has 1 N–H and O–H groups in total. The minimum atomic E-state index is -3.65. The van der Waals surface area contributed by atoms with Crippen LogP contribution in [0, 0.1) is 6.92 Å². The quantitative estimate of drug-likeness (QED) is 0.452. The Labute approximate surface area is 194 Å². The average molecular weight is 494 g/mol. The summed E-state index contributed by atoms with van der Waals surface area (Å²) in [5.74, 6) is -1.20. The molecule has 0 atom stereocenters. The average Bonchev–Trinajstić information content (AvgIpc) is 3.43. The Morgan fingerprint density at radius 2 is 1.91 bits per heavy atom. The second kappa shape index (κ2) is 10.3. The molecule has 32 heavy (non-hydrogen) atoms. The topological polar surface area (TPSA) is 106 Å². The van der Waals surface area contributed by atoms with E-state index >= 15 is 0 Å². The maximum Gasteiger partial charge on any atom is 0.350 e. The fraction of sp³-hybridized carbons (Fsp3) is 0.286. The van der Waals surface area contributed by atoms with Crippen LogP contribution in [0.15, 0.2) is 46.7 Å². The van der Waals surface area contributed by atoms with E-state index in [9.17, 15) is 18.0 Å². The number of rotatable bonds is 9. The monoisotopic (exact) mass is 493 g/mol. The van der Waals surface area contributed by atoms with Gasteiger partial charge in [-0.25, -0.2) is 18.2 Å². The van der Waals surface area contributed by atoms with E-state index in [1.165, 1.54) is 39.1 Å². The lowest BCUT2D eigenvalue weighted by Gasteiger charge is -2.18. The Hall–Kier alpha value is -2.60. The van der Waals surface area contributed by atoms with E-state index in [0.717, 1.165) is 9.88 Å². The highest BCUT2D eigenvalue weighted by Crippen LogP contribution is 2.31. The number of hydrogen-bond donors (Lipinski definition) is 1. The molecule has 0 saturated carbocycles. The van der Waals surface area contributed by atoms with Crippen LogP contribution in [0.2, 0.25) is 0 Å². The van der Waals surface area contributed by atoms with Gasteiger partial charge in [0.1, 0.15) is 9.88 Å². The Morgan fingerprint density at radius 1 is 1.16 bits per heavy atom. The third-order valence-electron chi connectivity index (χ3n) is 4.51. The first-order valence-corrected chi connectivity index (χ1v) is 13.0. The van der Waals surface area contributed by atoms with Crippen molar-refractivity contribution in [1.29, 1.82) is 0 Å². The van der Waals surface area contributed by atoms with Crippen LogP contribution in [0.5, 0.6) is 0 Å². The highest BCUT2D eigenvalue weighted by Gasteiger charge is 2.22. The number of benzene rings is 1. The van der Waals surface area contributed by atoms with Gasteiger partial charge in [-0.2, -0.15) is 4.31 Å². The molecule has 2 heterocycles. The summed E-state index contributed by atoms with van der Waals surface area (Å²) in [6.45, 7) is 5.42. The number of thiophene rings is 1. The summed E-state index contributed by atoms with van der Waals surface area (Å²) in [4.78, 5) is 30.5. The van der Waals surface area contributed by atoms with Gasteiger partial charge in [0.2, 0.25) is 10.0 Å². The second-order valence-electron chi connectivity index (χ2n) is 6.65. The van der Waals surface area contributed by atoms with Crippen molar-refractivity contribution in [2.24, 2.45) is 0 Å². The molecule has 1 aromatic carbocycles. The third-order valence-corrected chi connectivity index (χ3v) is 8.73. The SMILES string of the molecule is CCN(CC)S(=O)(=O)c1cccc(NC(=O)COC(=O)c2sc(-c3cccs3)nc2C)c1. The first kappa shape index (κ1) is 24.1. The molecule has 3 aromatic rings. The zero-order chi connectivity index (χ0) is 23.3. The molecular weight excluding hydrogens is 470 g/mol. The van der Waals surface area contributed by atoms with Gasteiger partial charge in [-0.05, 0) is 36.6 Å². The summed E-state index contributed by atoms with van der Waals surface area (Å²) in [5.41, 5.74) is 0.839. The predicted molar refractivity (Wildman–Crippen MR) is 126 cm³/mol. The summed E-state index contributed by atoms with van der Waals surface area (Å²) in [6.07, 6.45) is 0. The number of anilines is 1. The minimum absolute atomic E-state index is 0.0809. The van der Waals surface area contributed by atoms with Gasteiger partial charge in [0.15, 0.2) is 6.61 Å². The molecule has 0 aliphatic rings. The van der Waals surface area contributed by atoms with E-state index in [1.807, 2.05) is 17.5 Å². The molecule has 0 aliphatic heterocycles. The van der Waals surface area contributed by atoms with Gasteiger partial charge in [0.05, 0.1) is 15.5 Å². The van der Waals surface area contributed by atoms with Gasteiger partial charge in [-0.3, -0.25) is 4.79 Å². The van der Waals surface area contributed by atoms with E-state index in [0.29, 0.717) is 29.3 Å². The lowest BCUT2D eigenvalue weighted by atomic mass is 10.3. The van der Waals surface area contributed by atoms with Crippen molar-refractivity contribution in [2.45, 2.75) is 25.7 Å². The van der Waals surface area contributed by atoms with Crippen LogP contribution < -0.4 is 5.32 Å². The first-order valence-electron chi connectivity index (χ1n) is 9.84. The van der Waals surface area contributed by atoms with Gasteiger partial charge in [0, 0.05) is 18.8 Å². The number of ether oxygens (including phenoxy) is 1. The Balaban J connectivity index is 1.63. The smallest absolute Gasteiger partial charge is 0.350 e. The molecule has 0 radical (unpaired) electrons. The number of amides is 1. The van der Waals surface area contributed by atoms with Crippen molar-refractivity contribution in [2.75, 3.05) is 25.0 Å². The van der Waals surface area contributed by atoms with Crippen LogP contribution >= 0.6 is 22.7 Å². The van der Waals surface area contributed by atoms with Crippen molar-refractivity contribution < 1.29 is 22.7 Å². The van der Waals surface area contributed by atoms with Crippen molar-refractivity contribution >= 4 is 50.3 Å². The van der Waals surface area contributed by atoms with Gasteiger partial charge in [0.25, 0.3) is 5.91 Å². The standard InChI is InChI=1S/C21H23N3O5S3/c1-4-24(5-2)32(27,28)16-9-6-8-15(12-16)23-18(25)13-29-21(26)19-14(3)22-20(31-19)17-10-7-11-30-17/h6-12H,4-5,13H2,1-3H3,(H,23,25). The molecule has 1 amide bonds. The molecule has 0 saturated heterocycles. The van der Waals surface area contributed by atoms with E-state index in [4.69, 9.17) is 4.74 Å². The van der Waals surface area contributed by atoms with Crippen molar-refractivity contribution in [3.8, 4) is 9.88 Å². The first-order chi connectivity index (χ1) is 15.3. The van der Waals surface area contributed by atoms with Crippen LogP contribution in [0.3, 0.4) is 0 Å². The summed E-state index contributed by atoms with van der Waals surface area (Å²) in [6, 6.07) is 9.79. The maximum atomic E-state index is 12.7. The molecule has 11 heteroatoms. The lowest BCUT2D eigenvalue weighted by Crippen LogP contribution is -2.30. The Kier molecular flexibility index (Phi) is 7.77. The largest absolute Gasteiger partial charge is 0.451 e. The van der Waals surface area contributed by atoms with Gasteiger partial charge in [-0.15, -0.1) is 22.7 Å². The van der Waals surface area contributed by atoms with Gasteiger partial charge < -0.3 is 10.1 Å². The van der Waals surface area contributed by atoms with E-state index in [2.05, 4.69) is 10.3 Å². The molecule has 2 aromatic heterocycles. The van der Waals surface area contributed by atoms with Crippen molar-refractivity contribution in [3.63, 3.8) is 0 Å². The fourth-order valence-electron chi connectivity index (χ4n) is 2.93. The van der Waals surface area contributed by atoms with Crippen LogP contribution in [-0.4, -0.2) is 49.3 Å². The molecule has 8 nitrogen and oxygen atoms in total. The number of aryl methyl sites for hydroxylation is 1. The minimum Gasteiger partial charge on any atom is -0.451 e. The molecular formula is C21H23N3O5S3. The molecule has 3 rings (SSSR count). The number of aromatic nitrogens is 1. The van der Waals surface area contributed by atoms with E-state index in [1.54, 1.807) is 32.9 Å². The van der Waals surface area contributed by atoms with E-state index < -0.39 is 28.5 Å². The highest BCUT2D eigenvalue weighted by atomic mass is 32.2. The molecule has 170 valence electrons. The zero-order valence-corrected chi connectivity index (χ0v) is 20.3. The number of esters is 1. The van der Waals surface area contributed by atoms with Crippen LogP contribution in [0.1, 0.15) is 29.2 Å². The van der Waals surface area contributed by atoms with Crippen LogP contribution in [-0.2, 0) is 19.6 Å². The summed E-state index contributed by atoms with van der Waals surface area (Å²) >= 11 is 2.74. The molecule has 0 fully saturated rings. The normalized spacial score (nSPS) is 11.5. The van der Waals surface area contributed by atoms with E-state index in [-0.39, 0.29) is 4.90 Å². The molecule has 0 spiro atoms. The third kappa shape index (κ3) is 5.41. The van der Waals surface area contributed by atoms with Gasteiger partial charge >= 0.3 is 5.97 Å². The molecule has 0 unspecified atom stereocenters. The highest BCUT2D eigenvalue weighted by molar-refractivity contribution is 7.89. The van der Waals surface area contributed by atoms with Gasteiger partial charge in [-0.1, -0.05) is 26.0 Å². The number of nitrogens with zero attached hydrogens (tertiary/aromatic N) is 2. The summed E-state index contributed by atoms with van der Waals surface area (Å²) < 4.78 is 31.8. The number of sulfonamides is 1. The number of thiazole rings is 1. The summed E-state index contributed by atoms with van der Waals surface area (Å²) in [7, 11) is -3.65.